The zero-order valence-electron chi connectivity index (χ0n) is 16.3. The molecule has 0 radical (unpaired) electrons. The molecule has 0 fully saturated rings. The van der Waals surface area contributed by atoms with Crippen LogP contribution in [0.2, 0.25) is 0 Å². The van der Waals surface area contributed by atoms with E-state index in [1.165, 1.54) is 11.2 Å². The molecule has 148 valence electrons. The number of para-hydroxylation sites is 2. The molecule has 3 aromatic heterocycles. The fraction of sp³-hybridized carbons (Fsp3) is 0. The van der Waals surface area contributed by atoms with Crippen LogP contribution in [0.25, 0.3) is 11.2 Å². The van der Waals surface area contributed by atoms with Crippen LogP contribution in [-0.2, 0) is 0 Å². The van der Waals surface area contributed by atoms with E-state index in [-0.39, 0.29) is 12.4 Å². The van der Waals surface area contributed by atoms with Crippen LogP contribution in [0, 0.1) is 0 Å². The van der Waals surface area contributed by atoms with Gasteiger partial charge in [-0.3, -0.25) is 9.98 Å². The molecule has 0 bridgehead atoms. The SMILES string of the molecule is C(=Nc1ccccc1)c1ccccn1.[Cl-].c1ccc(-[n+]2cc3ccccn3c2)cc1. The maximum Gasteiger partial charge on any atom is 0.254 e. The lowest BCUT2D eigenvalue weighted by atomic mass is 10.3. The van der Waals surface area contributed by atoms with Gasteiger partial charge in [-0.05, 0) is 48.5 Å². The van der Waals surface area contributed by atoms with E-state index < -0.39 is 0 Å². The van der Waals surface area contributed by atoms with Gasteiger partial charge < -0.3 is 12.4 Å². The molecule has 4 nitrogen and oxygen atoms in total. The summed E-state index contributed by atoms with van der Waals surface area (Å²) >= 11 is 0. The second kappa shape index (κ2) is 10.7. The molecule has 0 aliphatic rings. The lowest BCUT2D eigenvalue weighted by molar-refractivity contribution is -0.594. The second-order valence-electron chi connectivity index (χ2n) is 6.37. The van der Waals surface area contributed by atoms with Gasteiger partial charge in [-0.15, -0.1) is 0 Å². The van der Waals surface area contributed by atoms with Gasteiger partial charge in [-0.2, -0.15) is 0 Å². The first-order valence-corrected chi connectivity index (χ1v) is 9.42. The van der Waals surface area contributed by atoms with E-state index in [9.17, 15) is 0 Å². The summed E-state index contributed by atoms with van der Waals surface area (Å²) in [5.41, 5.74) is 4.19. The summed E-state index contributed by atoms with van der Waals surface area (Å²) in [4.78, 5) is 8.43. The van der Waals surface area contributed by atoms with Crippen molar-refractivity contribution < 1.29 is 17.0 Å². The van der Waals surface area contributed by atoms with Crippen molar-refractivity contribution >= 4 is 17.4 Å². The number of hydrogen-bond donors (Lipinski definition) is 0. The first kappa shape index (κ1) is 21.0. The van der Waals surface area contributed by atoms with Gasteiger partial charge in [0.05, 0.1) is 23.8 Å². The number of aliphatic imine (C=N–C) groups is 1. The second-order valence-corrected chi connectivity index (χ2v) is 6.37. The third kappa shape index (κ3) is 5.63. The van der Waals surface area contributed by atoms with E-state index in [1.807, 2.05) is 78.9 Å². The van der Waals surface area contributed by atoms with Crippen LogP contribution in [0.3, 0.4) is 0 Å². The molecule has 0 amide bonds. The molecule has 5 aromatic rings. The van der Waals surface area contributed by atoms with Crippen LogP contribution >= 0.6 is 0 Å². The monoisotopic (exact) mass is 412 g/mol. The molecule has 0 saturated carbocycles. The van der Waals surface area contributed by atoms with Crippen molar-refractivity contribution in [2.45, 2.75) is 0 Å². The van der Waals surface area contributed by atoms with Gasteiger partial charge in [0.1, 0.15) is 11.9 Å². The first-order valence-electron chi connectivity index (χ1n) is 9.42. The van der Waals surface area contributed by atoms with E-state index in [0.29, 0.717) is 0 Å². The Morgan fingerprint density at radius 1 is 0.767 bits per heavy atom. The van der Waals surface area contributed by atoms with Crippen molar-refractivity contribution in [3.63, 3.8) is 0 Å². The molecular formula is C25H21ClN4. The number of halogens is 1. The maximum absolute atomic E-state index is 4.29. The fourth-order valence-corrected chi connectivity index (χ4v) is 2.84. The summed E-state index contributed by atoms with van der Waals surface area (Å²) in [7, 11) is 0. The number of imidazole rings is 1. The van der Waals surface area contributed by atoms with Crippen molar-refractivity contribution in [2.75, 3.05) is 0 Å². The predicted octanol–water partition coefficient (Wildman–Crippen LogP) is 2.05. The van der Waals surface area contributed by atoms with Crippen LogP contribution < -0.4 is 17.0 Å². The van der Waals surface area contributed by atoms with Crippen LogP contribution in [-0.4, -0.2) is 15.6 Å². The number of fused-ring (bicyclic) bond motifs is 1. The summed E-state index contributed by atoms with van der Waals surface area (Å²) in [6.45, 7) is 0. The molecule has 0 spiro atoms. The predicted molar refractivity (Wildman–Crippen MR) is 117 cm³/mol. The Morgan fingerprint density at radius 2 is 1.47 bits per heavy atom. The number of aromatic nitrogens is 3. The van der Waals surface area contributed by atoms with Gasteiger partial charge >= 0.3 is 0 Å². The van der Waals surface area contributed by atoms with E-state index in [2.05, 4.69) is 55.9 Å². The highest BCUT2D eigenvalue weighted by Crippen LogP contribution is 2.09. The van der Waals surface area contributed by atoms with Crippen LogP contribution in [0.1, 0.15) is 5.69 Å². The average molecular weight is 413 g/mol. The standard InChI is InChI=1S/C13H11N2.C12H10N2.ClH/c1-2-6-12(7-3-1)15-10-13-8-4-5-9-14(13)11-15;1-2-6-11(7-3-1)14-10-12-8-4-5-9-13-12;/h1-11H;1-10H;1H/q+1;;/p-1. The molecule has 3 heterocycles. The summed E-state index contributed by atoms with van der Waals surface area (Å²) in [6, 6.07) is 32.1. The summed E-state index contributed by atoms with van der Waals surface area (Å²) in [5, 5.41) is 0. The van der Waals surface area contributed by atoms with E-state index in [1.54, 1.807) is 12.4 Å². The Labute approximate surface area is 182 Å². The summed E-state index contributed by atoms with van der Waals surface area (Å²) < 4.78 is 4.22. The normalized spacial score (nSPS) is 10.3. The molecule has 5 rings (SSSR count). The Balaban J connectivity index is 0.000000166. The Hall–Kier alpha value is -3.76. The van der Waals surface area contributed by atoms with E-state index >= 15 is 0 Å². The topological polar surface area (TPSA) is 33.5 Å². The van der Waals surface area contributed by atoms with Gasteiger partial charge in [0.2, 0.25) is 0 Å². The third-order valence-electron chi connectivity index (χ3n) is 4.29. The minimum atomic E-state index is 0. The summed E-state index contributed by atoms with van der Waals surface area (Å²) in [6.07, 6.45) is 9.76. The van der Waals surface area contributed by atoms with Crippen molar-refractivity contribution in [2.24, 2.45) is 4.99 Å². The van der Waals surface area contributed by atoms with Crippen molar-refractivity contribution in [1.82, 2.24) is 9.38 Å². The van der Waals surface area contributed by atoms with Crippen LogP contribution in [0.15, 0.2) is 127 Å². The number of rotatable bonds is 3. The smallest absolute Gasteiger partial charge is 0.254 e. The van der Waals surface area contributed by atoms with E-state index in [0.717, 1.165) is 11.4 Å². The molecule has 30 heavy (non-hydrogen) atoms. The lowest BCUT2D eigenvalue weighted by Gasteiger charge is -1.91. The van der Waals surface area contributed by atoms with Crippen molar-refractivity contribution in [3.05, 3.63) is 128 Å². The molecule has 5 heteroatoms. The number of hydrogen-bond acceptors (Lipinski definition) is 2. The van der Waals surface area contributed by atoms with Crippen LogP contribution in [0.4, 0.5) is 5.69 Å². The van der Waals surface area contributed by atoms with Gasteiger partial charge in [-0.1, -0.05) is 48.5 Å². The molecule has 0 aliphatic carbocycles. The Morgan fingerprint density at radius 3 is 2.17 bits per heavy atom. The quantitative estimate of drug-likeness (QED) is 0.330. The molecular weight excluding hydrogens is 392 g/mol. The number of nitrogens with zero attached hydrogens (tertiary/aromatic N) is 4. The molecule has 2 aromatic carbocycles. The zero-order valence-corrected chi connectivity index (χ0v) is 17.0. The maximum atomic E-state index is 4.29. The highest BCUT2D eigenvalue weighted by Gasteiger charge is 2.06. The number of benzene rings is 2. The zero-order chi connectivity index (χ0) is 19.7. The summed E-state index contributed by atoms with van der Waals surface area (Å²) in [5.74, 6) is 0. The van der Waals surface area contributed by atoms with Gasteiger partial charge in [0.15, 0.2) is 5.52 Å². The van der Waals surface area contributed by atoms with Crippen molar-refractivity contribution in [1.29, 1.82) is 0 Å². The van der Waals surface area contributed by atoms with E-state index in [4.69, 9.17) is 0 Å². The molecule has 0 unspecified atom stereocenters. The van der Waals surface area contributed by atoms with Gasteiger partial charge in [-0.25, -0.2) is 8.97 Å². The van der Waals surface area contributed by atoms with Gasteiger partial charge in [0, 0.05) is 6.20 Å². The lowest BCUT2D eigenvalue weighted by Crippen LogP contribution is -3.00. The first-order chi connectivity index (χ1) is 14.4. The highest BCUT2D eigenvalue weighted by molar-refractivity contribution is 5.79. The van der Waals surface area contributed by atoms with Crippen molar-refractivity contribution in [3.8, 4) is 5.69 Å². The minimum absolute atomic E-state index is 0. The average Bonchev–Trinajstić information content (AvgIpc) is 3.25. The molecule has 0 N–H and O–H groups in total. The highest BCUT2D eigenvalue weighted by atomic mass is 35.5. The molecule has 0 aliphatic heterocycles. The molecule has 0 atom stereocenters. The fourth-order valence-electron chi connectivity index (χ4n) is 2.84. The third-order valence-corrected chi connectivity index (χ3v) is 4.29. The van der Waals surface area contributed by atoms with Crippen LogP contribution in [0.5, 0.6) is 0 Å². The van der Waals surface area contributed by atoms with Gasteiger partial charge in [0.25, 0.3) is 6.33 Å². The molecule has 0 saturated heterocycles. The Kier molecular flexibility index (Phi) is 7.47. The minimum Gasteiger partial charge on any atom is -1.00 e. The largest absolute Gasteiger partial charge is 1.00 e. The Bertz CT molecular complexity index is 1110. The number of pyridine rings is 2.